The third kappa shape index (κ3) is 2.69. The van der Waals surface area contributed by atoms with Gasteiger partial charge in [-0.05, 0) is 30.3 Å². The molecule has 0 aliphatic carbocycles. The standard InChI is InChI=1S/C16H11F2N3O3/c1-8(22)19-9-2-4-10(5-3-9)21-15(23)11-6-12(17)13(18)7-14(11)20-16(21)24/h2-7H,1H3,(H,19,22)(H,20,24). The molecule has 122 valence electrons. The lowest BCUT2D eigenvalue weighted by atomic mass is 10.2. The van der Waals surface area contributed by atoms with Crippen LogP contribution in [-0.2, 0) is 4.79 Å². The number of hydrogen-bond acceptors (Lipinski definition) is 3. The van der Waals surface area contributed by atoms with Crippen molar-refractivity contribution in [1.82, 2.24) is 9.55 Å². The van der Waals surface area contributed by atoms with Crippen LogP contribution < -0.4 is 16.6 Å². The molecule has 24 heavy (non-hydrogen) atoms. The Kier molecular flexibility index (Phi) is 3.72. The van der Waals surface area contributed by atoms with Crippen LogP contribution in [0.1, 0.15) is 6.92 Å². The molecule has 0 atom stereocenters. The minimum absolute atomic E-state index is 0.0879. The number of benzene rings is 2. The first-order valence-corrected chi connectivity index (χ1v) is 6.89. The SMILES string of the molecule is CC(=O)Nc1ccc(-n2c(=O)[nH]c3cc(F)c(F)cc3c2=O)cc1. The van der Waals surface area contributed by atoms with E-state index in [-0.39, 0.29) is 22.5 Å². The average Bonchev–Trinajstić information content (AvgIpc) is 2.51. The van der Waals surface area contributed by atoms with Gasteiger partial charge in [-0.15, -0.1) is 0 Å². The summed E-state index contributed by atoms with van der Waals surface area (Å²) in [6, 6.07) is 7.43. The quantitative estimate of drug-likeness (QED) is 0.752. The molecule has 1 heterocycles. The first-order chi connectivity index (χ1) is 11.4. The summed E-state index contributed by atoms with van der Waals surface area (Å²) in [5.41, 5.74) is -0.938. The van der Waals surface area contributed by atoms with Crippen LogP contribution in [0.5, 0.6) is 0 Å². The number of rotatable bonds is 2. The highest BCUT2D eigenvalue weighted by Gasteiger charge is 2.13. The molecule has 0 bridgehead atoms. The number of aromatic nitrogens is 2. The summed E-state index contributed by atoms with van der Waals surface area (Å²) < 4.78 is 27.4. The average molecular weight is 331 g/mol. The summed E-state index contributed by atoms with van der Waals surface area (Å²) in [7, 11) is 0. The zero-order chi connectivity index (χ0) is 17.4. The maximum atomic E-state index is 13.4. The molecule has 0 fully saturated rings. The van der Waals surface area contributed by atoms with E-state index in [1.54, 1.807) is 0 Å². The van der Waals surface area contributed by atoms with E-state index in [1.807, 2.05) is 0 Å². The van der Waals surface area contributed by atoms with Gasteiger partial charge in [-0.3, -0.25) is 9.59 Å². The molecule has 2 N–H and O–H groups in total. The second-order valence-corrected chi connectivity index (χ2v) is 5.11. The van der Waals surface area contributed by atoms with Gasteiger partial charge in [0.1, 0.15) is 0 Å². The molecule has 3 aromatic rings. The number of carbonyl (C=O) groups is 1. The van der Waals surface area contributed by atoms with Crippen LogP contribution in [0, 0.1) is 11.6 Å². The van der Waals surface area contributed by atoms with Crippen LogP contribution in [0.25, 0.3) is 16.6 Å². The Morgan fingerprint density at radius 2 is 1.71 bits per heavy atom. The van der Waals surface area contributed by atoms with Crippen LogP contribution in [0.4, 0.5) is 14.5 Å². The van der Waals surface area contributed by atoms with Crippen LogP contribution in [-0.4, -0.2) is 15.5 Å². The Morgan fingerprint density at radius 3 is 2.33 bits per heavy atom. The van der Waals surface area contributed by atoms with Gasteiger partial charge >= 0.3 is 5.69 Å². The van der Waals surface area contributed by atoms with Gasteiger partial charge in [0.2, 0.25) is 5.91 Å². The highest BCUT2D eigenvalue weighted by Crippen LogP contribution is 2.14. The monoisotopic (exact) mass is 331 g/mol. The van der Waals surface area contributed by atoms with Crippen molar-refractivity contribution in [3.05, 3.63) is 68.9 Å². The second-order valence-electron chi connectivity index (χ2n) is 5.11. The van der Waals surface area contributed by atoms with Crippen LogP contribution >= 0.6 is 0 Å². The lowest BCUT2D eigenvalue weighted by Crippen LogP contribution is -2.33. The van der Waals surface area contributed by atoms with Crippen molar-refractivity contribution in [3.63, 3.8) is 0 Å². The summed E-state index contributed by atoms with van der Waals surface area (Å²) in [6.07, 6.45) is 0. The molecule has 0 spiro atoms. The molecule has 0 aliphatic rings. The van der Waals surface area contributed by atoms with Gasteiger partial charge < -0.3 is 10.3 Å². The van der Waals surface area contributed by atoms with Gasteiger partial charge in [0.05, 0.1) is 16.6 Å². The van der Waals surface area contributed by atoms with Gasteiger partial charge in [0.15, 0.2) is 11.6 Å². The molecule has 0 radical (unpaired) electrons. The van der Waals surface area contributed by atoms with E-state index in [2.05, 4.69) is 10.3 Å². The third-order valence-electron chi connectivity index (χ3n) is 3.38. The fourth-order valence-electron chi connectivity index (χ4n) is 2.34. The van der Waals surface area contributed by atoms with Gasteiger partial charge in [-0.2, -0.15) is 0 Å². The molecule has 0 saturated heterocycles. The lowest BCUT2D eigenvalue weighted by Gasteiger charge is -2.08. The van der Waals surface area contributed by atoms with E-state index in [9.17, 15) is 23.2 Å². The third-order valence-corrected chi connectivity index (χ3v) is 3.38. The zero-order valence-electron chi connectivity index (χ0n) is 12.4. The number of amides is 1. The van der Waals surface area contributed by atoms with E-state index in [4.69, 9.17) is 0 Å². The molecular formula is C16H11F2N3O3. The maximum absolute atomic E-state index is 13.4. The number of H-pyrrole nitrogens is 1. The number of anilines is 1. The highest BCUT2D eigenvalue weighted by atomic mass is 19.2. The van der Waals surface area contributed by atoms with Crippen molar-refractivity contribution in [2.24, 2.45) is 0 Å². The maximum Gasteiger partial charge on any atom is 0.333 e. The fraction of sp³-hybridized carbons (Fsp3) is 0.0625. The second kappa shape index (κ2) is 5.73. The molecule has 0 aliphatic heterocycles. The van der Waals surface area contributed by atoms with Gasteiger partial charge in [-0.1, -0.05) is 0 Å². The first kappa shape index (κ1) is 15.6. The molecule has 0 unspecified atom stereocenters. The summed E-state index contributed by atoms with van der Waals surface area (Å²) in [6.45, 7) is 1.35. The molecule has 1 aromatic heterocycles. The lowest BCUT2D eigenvalue weighted by molar-refractivity contribution is -0.114. The Bertz CT molecular complexity index is 1070. The van der Waals surface area contributed by atoms with Crippen LogP contribution in [0.3, 0.4) is 0 Å². The largest absolute Gasteiger partial charge is 0.333 e. The van der Waals surface area contributed by atoms with Crippen LogP contribution in [0.15, 0.2) is 46.0 Å². The molecular weight excluding hydrogens is 320 g/mol. The van der Waals surface area contributed by atoms with E-state index in [0.29, 0.717) is 5.69 Å². The number of fused-ring (bicyclic) bond motifs is 1. The summed E-state index contributed by atoms with van der Waals surface area (Å²) in [4.78, 5) is 37.9. The van der Waals surface area contributed by atoms with E-state index in [1.165, 1.54) is 31.2 Å². The number of carbonyl (C=O) groups excluding carboxylic acids is 1. The van der Waals surface area contributed by atoms with Crippen molar-refractivity contribution in [1.29, 1.82) is 0 Å². The fourth-order valence-corrected chi connectivity index (χ4v) is 2.34. The van der Waals surface area contributed by atoms with E-state index in [0.717, 1.165) is 16.7 Å². The zero-order valence-corrected chi connectivity index (χ0v) is 12.4. The van der Waals surface area contributed by atoms with E-state index >= 15 is 0 Å². The number of hydrogen-bond donors (Lipinski definition) is 2. The van der Waals surface area contributed by atoms with Crippen molar-refractivity contribution in [2.45, 2.75) is 6.92 Å². The predicted octanol–water partition coefficient (Wildman–Crippen LogP) is 1.92. The Hall–Kier alpha value is -3.29. The van der Waals surface area contributed by atoms with Crippen molar-refractivity contribution < 1.29 is 13.6 Å². The molecule has 8 heteroatoms. The minimum Gasteiger partial charge on any atom is -0.326 e. The summed E-state index contributed by atoms with van der Waals surface area (Å²) in [5.74, 6) is -2.60. The molecule has 2 aromatic carbocycles. The van der Waals surface area contributed by atoms with Gasteiger partial charge in [-0.25, -0.2) is 18.1 Å². The first-order valence-electron chi connectivity index (χ1n) is 6.89. The highest BCUT2D eigenvalue weighted by molar-refractivity contribution is 5.88. The summed E-state index contributed by atoms with van der Waals surface area (Å²) in [5, 5.41) is 2.40. The minimum atomic E-state index is -1.18. The van der Waals surface area contributed by atoms with Gasteiger partial charge in [0, 0.05) is 18.7 Å². The molecule has 1 amide bonds. The van der Waals surface area contributed by atoms with E-state index < -0.39 is 22.9 Å². The number of nitrogens with zero attached hydrogens (tertiary/aromatic N) is 1. The van der Waals surface area contributed by atoms with Crippen molar-refractivity contribution in [3.8, 4) is 5.69 Å². The van der Waals surface area contributed by atoms with Gasteiger partial charge in [0.25, 0.3) is 5.56 Å². The van der Waals surface area contributed by atoms with Crippen LogP contribution in [0.2, 0.25) is 0 Å². The Balaban J connectivity index is 2.19. The topological polar surface area (TPSA) is 84.0 Å². The smallest absolute Gasteiger partial charge is 0.326 e. The predicted molar refractivity (Wildman–Crippen MR) is 84.4 cm³/mol. The Morgan fingerprint density at radius 1 is 1.08 bits per heavy atom. The molecule has 6 nitrogen and oxygen atoms in total. The number of aromatic amines is 1. The van der Waals surface area contributed by atoms with Crippen molar-refractivity contribution >= 4 is 22.5 Å². The van der Waals surface area contributed by atoms with Crippen molar-refractivity contribution in [2.75, 3.05) is 5.32 Å². The number of nitrogens with one attached hydrogen (secondary N) is 2. The Labute approximate surface area is 133 Å². The molecule has 0 saturated carbocycles. The number of halogens is 2. The summed E-state index contributed by atoms with van der Waals surface area (Å²) >= 11 is 0. The normalized spacial score (nSPS) is 10.8. The molecule has 3 rings (SSSR count).